The van der Waals surface area contributed by atoms with Gasteiger partial charge in [-0.05, 0) is 41.5 Å². The van der Waals surface area contributed by atoms with Crippen molar-refractivity contribution in [2.24, 2.45) is 0 Å². The Labute approximate surface area is 167 Å². The van der Waals surface area contributed by atoms with Gasteiger partial charge in [-0.25, -0.2) is 0 Å². The van der Waals surface area contributed by atoms with Crippen molar-refractivity contribution in [3.63, 3.8) is 0 Å². The topological polar surface area (TPSA) is 72.2 Å². The number of Topliss-reactive ketones (excluding diaryl/α,β-unsaturated/α-hetero) is 1. The number of benzene rings is 2. The summed E-state index contributed by atoms with van der Waals surface area (Å²) in [4.78, 5) is 16.1. The summed E-state index contributed by atoms with van der Waals surface area (Å²) in [5.74, 6) is 0.901. The molecule has 6 heteroatoms. The van der Waals surface area contributed by atoms with Crippen LogP contribution >= 0.6 is 11.6 Å². The van der Waals surface area contributed by atoms with Gasteiger partial charge in [0.1, 0.15) is 17.6 Å². The number of halogens is 1. The summed E-state index contributed by atoms with van der Waals surface area (Å²) in [5, 5.41) is 9.38. The quantitative estimate of drug-likeness (QED) is 0.643. The zero-order valence-electron chi connectivity index (χ0n) is 14.8. The predicted octanol–water partition coefficient (Wildman–Crippen LogP) is 4.74. The first kappa shape index (κ1) is 18.0. The summed E-state index contributed by atoms with van der Waals surface area (Å²) in [6, 6.07) is 16.2. The molecule has 1 atom stereocenters. The maximum atomic E-state index is 12.1. The van der Waals surface area contributed by atoms with Gasteiger partial charge < -0.3 is 9.47 Å². The second-order valence-electron chi connectivity index (χ2n) is 6.31. The van der Waals surface area contributed by atoms with E-state index in [1.165, 1.54) is 0 Å². The number of hydrogen-bond donors (Lipinski definition) is 0. The minimum atomic E-state index is -0.467. The molecule has 138 valence electrons. The third kappa shape index (κ3) is 3.55. The van der Waals surface area contributed by atoms with E-state index in [1.807, 2.05) is 24.3 Å². The molecule has 0 aliphatic carbocycles. The van der Waals surface area contributed by atoms with Crippen LogP contribution in [0.15, 0.2) is 60.9 Å². The molecule has 5 nitrogen and oxygen atoms in total. The van der Waals surface area contributed by atoms with Crippen LogP contribution in [0.25, 0.3) is 0 Å². The highest BCUT2D eigenvalue weighted by Crippen LogP contribution is 2.38. The van der Waals surface area contributed by atoms with Gasteiger partial charge in [0, 0.05) is 24.9 Å². The molecule has 1 aliphatic rings. The lowest BCUT2D eigenvalue weighted by Gasteiger charge is -2.23. The molecule has 3 aromatic rings. The number of ketones is 1. The Morgan fingerprint density at radius 3 is 2.54 bits per heavy atom. The molecule has 1 unspecified atom stereocenters. The molecule has 0 saturated carbocycles. The van der Waals surface area contributed by atoms with E-state index < -0.39 is 6.10 Å². The maximum Gasteiger partial charge on any atom is 0.170 e. The monoisotopic (exact) mass is 390 g/mol. The number of ether oxygens (including phenoxy) is 2. The molecule has 2 heterocycles. The number of carbonyl (C=O) groups is 1. The molecule has 2 aromatic carbocycles. The second-order valence-corrected chi connectivity index (χ2v) is 6.72. The van der Waals surface area contributed by atoms with Gasteiger partial charge in [-0.15, -0.1) is 0 Å². The Morgan fingerprint density at radius 2 is 1.82 bits per heavy atom. The molecular weight excluding hydrogens is 376 g/mol. The largest absolute Gasteiger partial charge is 0.492 e. The number of nitrogens with zero attached hydrogens (tertiary/aromatic N) is 2. The van der Waals surface area contributed by atoms with Crippen molar-refractivity contribution in [3.05, 3.63) is 88.2 Å². The molecule has 28 heavy (non-hydrogen) atoms. The van der Waals surface area contributed by atoms with Gasteiger partial charge in [-0.3, -0.25) is 9.78 Å². The van der Waals surface area contributed by atoms with E-state index >= 15 is 0 Å². The van der Waals surface area contributed by atoms with Crippen molar-refractivity contribution in [3.8, 4) is 17.6 Å². The Morgan fingerprint density at radius 1 is 1.11 bits per heavy atom. The zero-order valence-corrected chi connectivity index (χ0v) is 15.5. The molecule has 0 spiro atoms. The molecule has 1 aliphatic heterocycles. The van der Waals surface area contributed by atoms with E-state index in [-0.39, 0.29) is 5.78 Å². The van der Waals surface area contributed by atoms with Crippen LogP contribution in [0.2, 0.25) is 5.02 Å². The smallest absolute Gasteiger partial charge is 0.170 e. The number of carbonyl (C=O) groups excluding carboxylic acids is 1. The van der Waals surface area contributed by atoms with E-state index in [0.717, 1.165) is 11.1 Å². The van der Waals surface area contributed by atoms with Crippen LogP contribution in [0, 0.1) is 11.3 Å². The molecule has 4 rings (SSSR count). The lowest BCUT2D eigenvalue weighted by Crippen LogP contribution is -2.16. The SMILES string of the molecule is N#Cc1ccc(C(Oc2cc3c(cc2Cl)C(=O)CCO3)c2ccncc2)cc1. The Balaban J connectivity index is 1.74. The van der Waals surface area contributed by atoms with E-state index in [0.29, 0.717) is 40.7 Å². The summed E-state index contributed by atoms with van der Waals surface area (Å²) in [7, 11) is 0. The third-order valence-electron chi connectivity index (χ3n) is 4.52. The van der Waals surface area contributed by atoms with Crippen LogP contribution in [0.3, 0.4) is 0 Å². The molecule has 1 aromatic heterocycles. The minimum Gasteiger partial charge on any atom is -0.492 e. The number of fused-ring (bicyclic) bond motifs is 1. The van der Waals surface area contributed by atoms with Gasteiger partial charge in [0.2, 0.25) is 0 Å². The predicted molar refractivity (Wildman–Crippen MR) is 104 cm³/mol. The molecule has 0 N–H and O–H groups in total. The molecule has 0 amide bonds. The maximum absolute atomic E-state index is 12.1. The highest BCUT2D eigenvalue weighted by molar-refractivity contribution is 6.32. The summed E-state index contributed by atoms with van der Waals surface area (Å²) in [6.45, 7) is 0.344. The highest BCUT2D eigenvalue weighted by Gasteiger charge is 2.23. The fourth-order valence-corrected chi connectivity index (χ4v) is 3.29. The van der Waals surface area contributed by atoms with E-state index in [4.69, 9.17) is 26.3 Å². The van der Waals surface area contributed by atoms with Gasteiger partial charge in [0.25, 0.3) is 0 Å². The first-order valence-corrected chi connectivity index (χ1v) is 9.09. The van der Waals surface area contributed by atoms with Crippen LogP contribution < -0.4 is 9.47 Å². The number of pyridine rings is 1. The number of rotatable bonds is 4. The van der Waals surface area contributed by atoms with Crippen molar-refractivity contribution in [1.82, 2.24) is 4.98 Å². The van der Waals surface area contributed by atoms with Gasteiger partial charge >= 0.3 is 0 Å². The average molecular weight is 391 g/mol. The molecular formula is C22H15ClN2O3. The van der Waals surface area contributed by atoms with Gasteiger partial charge in [0.15, 0.2) is 5.78 Å². The van der Waals surface area contributed by atoms with Crippen LogP contribution in [0.1, 0.15) is 39.6 Å². The third-order valence-corrected chi connectivity index (χ3v) is 4.81. The van der Waals surface area contributed by atoms with Gasteiger partial charge in [-0.1, -0.05) is 23.7 Å². The zero-order chi connectivity index (χ0) is 19.5. The lowest BCUT2D eigenvalue weighted by atomic mass is 10.0. The molecule has 0 radical (unpaired) electrons. The normalized spacial score (nSPS) is 13.8. The number of aromatic nitrogens is 1. The fourth-order valence-electron chi connectivity index (χ4n) is 3.08. The Hall–Kier alpha value is -3.36. The number of nitriles is 1. The van der Waals surface area contributed by atoms with Gasteiger partial charge in [0.05, 0.1) is 28.8 Å². The van der Waals surface area contributed by atoms with E-state index in [2.05, 4.69) is 11.1 Å². The van der Waals surface area contributed by atoms with E-state index in [1.54, 1.807) is 36.7 Å². The first-order chi connectivity index (χ1) is 13.7. The first-order valence-electron chi connectivity index (χ1n) is 8.72. The van der Waals surface area contributed by atoms with Crippen molar-refractivity contribution >= 4 is 17.4 Å². The molecule has 0 bridgehead atoms. The average Bonchev–Trinajstić information content (AvgIpc) is 2.74. The fraction of sp³-hybridized carbons (Fsp3) is 0.136. The Bertz CT molecular complexity index is 1060. The lowest BCUT2D eigenvalue weighted by molar-refractivity contribution is 0.0933. The summed E-state index contributed by atoms with van der Waals surface area (Å²) < 4.78 is 11.9. The van der Waals surface area contributed by atoms with E-state index in [9.17, 15) is 4.79 Å². The summed E-state index contributed by atoms with van der Waals surface area (Å²) in [6.07, 6.45) is 3.25. The Kier molecular flexibility index (Phi) is 4.96. The molecule has 0 saturated heterocycles. The summed E-state index contributed by atoms with van der Waals surface area (Å²) in [5.41, 5.74) is 2.78. The summed E-state index contributed by atoms with van der Waals surface area (Å²) >= 11 is 6.41. The number of hydrogen-bond acceptors (Lipinski definition) is 5. The molecule has 0 fully saturated rings. The van der Waals surface area contributed by atoms with Crippen LogP contribution in [0.5, 0.6) is 11.5 Å². The van der Waals surface area contributed by atoms with Crippen LogP contribution in [0.4, 0.5) is 0 Å². The van der Waals surface area contributed by atoms with Gasteiger partial charge in [-0.2, -0.15) is 5.26 Å². The van der Waals surface area contributed by atoms with Crippen molar-refractivity contribution in [2.45, 2.75) is 12.5 Å². The van der Waals surface area contributed by atoms with Crippen LogP contribution in [-0.4, -0.2) is 17.4 Å². The van der Waals surface area contributed by atoms with Crippen molar-refractivity contribution < 1.29 is 14.3 Å². The van der Waals surface area contributed by atoms with Crippen molar-refractivity contribution in [1.29, 1.82) is 5.26 Å². The minimum absolute atomic E-state index is 0.00692. The standard InChI is InChI=1S/C22H15ClN2O3/c23-18-11-17-19(26)7-10-27-20(17)12-21(18)28-22(16-5-8-25-9-6-16)15-3-1-14(13-24)2-4-15/h1-6,8-9,11-12,22H,7,10H2. The highest BCUT2D eigenvalue weighted by atomic mass is 35.5. The van der Waals surface area contributed by atoms with Crippen LogP contribution in [-0.2, 0) is 0 Å². The second kappa shape index (κ2) is 7.71. The van der Waals surface area contributed by atoms with Crippen molar-refractivity contribution in [2.75, 3.05) is 6.61 Å².